The van der Waals surface area contributed by atoms with Crippen molar-refractivity contribution in [3.63, 3.8) is 0 Å². The Morgan fingerprint density at radius 2 is 1.92 bits per heavy atom. The fourth-order valence-corrected chi connectivity index (χ4v) is 0.764. The number of halogens is 2. The first kappa shape index (κ1) is 9.69. The van der Waals surface area contributed by atoms with Crippen LogP contribution in [0.3, 0.4) is 0 Å². The molecule has 3 heteroatoms. The number of alkyl halides is 2. The Hall–Kier alpha value is -1.40. The van der Waals surface area contributed by atoms with E-state index in [1.165, 1.54) is 0 Å². The summed E-state index contributed by atoms with van der Waals surface area (Å²) in [5.74, 6) is 5.17. The molecule has 1 aromatic carbocycles. The highest BCUT2D eigenvalue weighted by Crippen LogP contribution is 1.95. The van der Waals surface area contributed by atoms with Crippen LogP contribution < -0.4 is 0 Å². The van der Waals surface area contributed by atoms with Gasteiger partial charge >= 0.3 is 6.61 Å². The molecular formula is C10H8F2O. The van der Waals surface area contributed by atoms with Crippen molar-refractivity contribution >= 4 is 0 Å². The minimum atomic E-state index is -2.75. The number of ether oxygens (including phenoxy) is 1. The molecule has 0 aromatic heterocycles. The molecule has 0 fully saturated rings. The molecule has 0 N–H and O–H groups in total. The van der Waals surface area contributed by atoms with Crippen molar-refractivity contribution in [2.45, 2.75) is 6.61 Å². The molecule has 0 atom stereocenters. The number of benzene rings is 1. The maximum absolute atomic E-state index is 11.5. The van der Waals surface area contributed by atoms with E-state index in [4.69, 9.17) is 0 Å². The third-order valence-electron chi connectivity index (χ3n) is 1.29. The minimum absolute atomic E-state index is 0.243. The van der Waals surface area contributed by atoms with E-state index in [0.717, 1.165) is 5.56 Å². The topological polar surface area (TPSA) is 9.23 Å². The van der Waals surface area contributed by atoms with Crippen molar-refractivity contribution in [3.8, 4) is 11.8 Å². The van der Waals surface area contributed by atoms with Gasteiger partial charge in [0.2, 0.25) is 0 Å². The molecule has 0 amide bonds. The lowest BCUT2D eigenvalue weighted by molar-refractivity contribution is -0.117. The van der Waals surface area contributed by atoms with Crippen molar-refractivity contribution in [1.82, 2.24) is 0 Å². The summed E-state index contributed by atoms with van der Waals surface area (Å²) in [5.41, 5.74) is 0.792. The highest BCUT2D eigenvalue weighted by molar-refractivity contribution is 5.33. The standard InChI is InChI=1S/C10H8F2O/c11-10(12)13-8-4-7-9-5-2-1-3-6-9/h1-3,5-6,10H,8H2. The van der Waals surface area contributed by atoms with Crippen molar-refractivity contribution in [1.29, 1.82) is 0 Å². The highest BCUT2D eigenvalue weighted by Gasteiger charge is 1.96. The lowest BCUT2D eigenvalue weighted by Gasteiger charge is -1.93. The smallest absolute Gasteiger partial charge is 0.310 e. The van der Waals surface area contributed by atoms with E-state index in [1.807, 2.05) is 18.2 Å². The van der Waals surface area contributed by atoms with Gasteiger partial charge in [0.25, 0.3) is 0 Å². The molecule has 0 aliphatic carbocycles. The summed E-state index contributed by atoms with van der Waals surface area (Å²) < 4.78 is 26.9. The first-order valence-electron chi connectivity index (χ1n) is 3.73. The summed E-state index contributed by atoms with van der Waals surface area (Å²) in [5, 5.41) is 0. The second-order valence-electron chi connectivity index (χ2n) is 2.24. The average molecular weight is 182 g/mol. The van der Waals surface area contributed by atoms with Crippen LogP contribution in [-0.4, -0.2) is 13.2 Å². The van der Waals surface area contributed by atoms with Crippen molar-refractivity contribution in [2.24, 2.45) is 0 Å². The third-order valence-corrected chi connectivity index (χ3v) is 1.29. The van der Waals surface area contributed by atoms with E-state index in [0.29, 0.717) is 0 Å². The molecular weight excluding hydrogens is 174 g/mol. The van der Waals surface area contributed by atoms with E-state index in [1.54, 1.807) is 12.1 Å². The van der Waals surface area contributed by atoms with Crippen LogP contribution in [0.2, 0.25) is 0 Å². The Bertz CT molecular complexity index is 298. The van der Waals surface area contributed by atoms with E-state index < -0.39 is 6.61 Å². The van der Waals surface area contributed by atoms with Gasteiger partial charge in [-0.1, -0.05) is 30.0 Å². The summed E-state index contributed by atoms with van der Waals surface area (Å²) in [4.78, 5) is 0. The van der Waals surface area contributed by atoms with E-state index in [9.17, 15) is 8.78 Å². The fourth-order valence-electron chi connectivity index (χ4n) is 0.764. The fraction of sp³-hybridized carbons (Fsp3) is 0.200. The molecule has 0 spiro atoms. The summed E-state index contributed by atoms with van der Waals surface area (Å²) in [6, 6.07) is 9.13. The van der Waals surface area contributed by atoms with Gasteiger partial charge in [-0.05, 0) is 12.1 Å². The molecule has 0 saturated carbocycles. The van der Waals surface area contributed by atoms with E-state index >= 15 is 0 Å². The largest absolute Gasteiger partial charge is 0.346 e. The van der Waals surface area contributed by atoms with Gasteiger partial charge in [-0.2, -0.15) is 8.78 Å². The van der Waals surface area contributed by atoms with Crippen molar-refractivity contribution < 1.29 is 13.5 Å². The van der Waals surface area contributed by atoms with Gasteiger partial charge in [0.05, 0.1) is 0 Å². The summed E-state index contributed by atoms with van der Waals surface area (Å²) >= 11 is 0. The van der Waals surface area contributed by atoms with Crippen LogP contribution in [0.15, 0.2) is 30.3 Å². The molecule has 0 heterocycles. The molecule has 0 unspecified atom stereocenters. The van der Waals surface area contributed by atoms with Gasteiger partial charge in [-0.3, -0.25) is 0 Å². The second kappa shape index (κ2) is 5.28. The van der Waals surface area contributed by atoms with Gasteiger partial charge in [0, 0.05) is 5.56 Å². The summed E-state index contributed by atoms with van der Waals surface area (Å²) in [6.07, 6.45) is 0. The average Bonchev–Trinajstić information content (AvgIpc) is 2.14. The monoisotopic (exact) mass is 182 g/mol. The number of hydrogen-bond acceptors (Lipinski definition) is 1. The zero-order valence-electron chi connectivity index (χ0n) is 6.84. The molecule has 1 nitrogen and oxygen atoms in total. The first-order valence-corrected chi connectivity index (χ1v) is 3.73. The van der Waals surface area contributed by atoms with Gasteiger partial charge < -0.3 is 4.74 Å². The van der Waals surface area contributed by atoms with Gasteiger partial charge in [-0.15, -0.1) is 0 Å². The molecule has 1 aromatic rings. The first-order chi connectivity index (χ1) is 6.29. The molecule has 0 aliphatic rings. The molecule has 0 radical (unpaired) electrons. The molecule has 0 aliphatic heterocycles. The Morgan fingerprint density at radius 3 is 2.54 bits per heavy atom. The SMILES string of the molecule is FC(F)OCC#Cc1ccccc1. The zero-order chi connectivity index (χ0) is 9.52. The third kappa shape index (κ3) is 4.24. The number of rotatable bonds is 2. The van der Waals surface area contributed by atoms with Gasteiger partial charge in [0.15, 0.2) is 0 Å². The lowest BCUT2D eigenvalue weighted by atomic mass is 10.2. The highest BCUT2D eigenvalue weighted by atomic mass is 19.3. The summed E-state index contributed by atoms with van der Waals surface area (Å²) in [7, 11) is 0. The van der Waals surface area contributed by atoms with Crippen molar-refractivity contribution in [2.75, 3.05) is 6.61 Å². The predicted octanol–water partition coefficient (Wildman–Crippen LogP) is 2.28. The van der Waals surface area contributed by atoms with Crippen LogP contribution in [0.1, 0.15) is 5.56 Å². The lowest BCUT2D eigenvalue weighted by Crippen LogP contribution is -1.98. The molecule has 13 heavy (non-hydrogen) atoms. The van der Waals surface area contributed by atoms with Crippen LogP contribution >= 0.6 is 0 Å². The van der Waals surface area contributed by atoms with Crippen LogP contribution in [0, 0.1) is 11.8 Å². The van der Waals surface area contributed by atoms with E-state index in [-0.39, 0.29) is 6.61 Å². The van der Waals surface area contributed by atoms with Crippen LogP contribution in [0.25, 0.3) is 0 Å². The number of hydrogen-bond donors (Lipinski definition) is 0. The Balaban J connectivity index is 2.40. The normalized spacial score (nSPS) is 9.46. The Morgan fingerprint density at radius 1 is 1.23 bits per heavy atom. The van der Waals surface area contributed by atoms with E-state index in [2.05, 4.69) is 16.6 Å². The predicted molar refractivity (Wildman–Crippen MR) is 45.3 cm³/mol. The second-order valence-corrected chi connectivity index (χ2v) is 2.24. The Kier molecular flexibility index (Phi) is 3.94. The summed E-state index contributed by atoms with van der Waals surface area (Å²) in [6.45, 7) is -2.99. The quantitative estimate of drug-likeness (QED) is 0.637. The maximum Gasteiger partial charge on any atom is 0.346 e. The van der Waals surface area contributed by atoms with Crippen LogP contribution in [0.5, 0.6) is 0 Å². The molecule has 0 bridgehead atoms. The van der Waals surface area contributed by atoms with Crippen LogP contribution in [-0.2, 0) is 4.74 Å². The van der Waals surface area contributed by atoms with Gasteiger partial charge in [-0.25, -0.2) is 0 Å². The van der Waals surface area contributed by atoms with Crippen LogP contribution in [0.4, 0.5) is 8.78 Å². The van der Waals surface area contributed by atoms with Gasteiger partial charge in [0.1, 0.15) is 6.61 Å². The maximum atomic E-state index is 11.5. The van der Waals surface area contributed by atoms with Crippen molar-refractivity contribution in [3.05, 3.63) is 35.9 Å². The minimum Gasteiger partial charge on any atom is -0.310 e. The zero-order valence-corrected chi connectivity index (χ0v) is 6.84. The Labute approximate surface area is 75.3 Å². The molecule has 0 saturated heterocycles. The molecule has 1 rings (SSSR count). The molecule has 68 valence electrons.